The van der Waals surface area contributed by atoms with Crippen LogP contribution in [0.3, 0.4) is 0 Å². The highest BCUT2D eigenvalue weighted by Crippen LogP contribution is 2.15. The van der Waals surface area contributed by atoms with Crippen LogP contribution >= 0.6 is 11.3 Å². The van der Waals surface area contributed by atoms with Crippen LogP contribution in [0.25, 0.3) is 0 Å². The zero-order valence-electron chi connectivity index (χ0n) is 9.13. The van der Waals surface area contributed by atoms with Gasteiger partial charge in [-0.15, -0.1) is 0 Å². The number of nitrogens with one attached hydrogen (secondary N) is 1. The van der Waals surface area contributed by atoms with E-state index in [0.717, 1.165) is 5.56 Å². The fraction of sp³-hybridized carbons (Fsp3) is 0.500. The summed E-state index contributed by atoms with van der Waals surface area (Å²) in [5, 5.41) is 28.2. The number of rotatable bonds is 6. The van der Waals surface area contributed by atoms with Crippen molar-refractivity contribution in [2.75, 3.05) is 6.54 Å². The van der Waals surface area contributed by atoms with Gasteiger partial charge in [0.05, 0.1) is 12.1 Å². The van der Waals surface area contributed by atoms with E-state index in [4.69, 9.17) is 10.9 Å². The summed E-state index contributed by atoms with van der Waals surface area (Å²) in [6, 6.07) is 1.67. The summed E-state index contributed by atoms with van der Waals surface area (Å²) in [6.07, 6.45) is 0.137. The second-order valence-corrected chi connectivity index (χ2v) is 4.25. The van der Waals surface area contributed by atoms with Crippen molar-refractivity contribution in [1.29, 1.82) is 0 Å². The van der Waals surface area contributed by atoms with E-state index in [9.17, 15) is 5.11 Å². The van der Waals surface area contributed by atoms with Gasteiger partial charge in [-0.2, -0.15) is 11.3 Å². The van der Waals surface area contributed by atoms with Crippen LogP contribution in [0.1, 0.15) is 25.0 Å². The van der Waals surface area contributed by atoms with Gasteiger partial charge in [-0.05, 0) is 28.8 Å². The molecular weight excluding hydrogens is 226 g/mol. The standard InChI is InChI=1S/C10H17N3O2S/c1-2-8(10(11)13-15)12-5-9(14)7-3-4-16-6-7/h3-4,6,8-9,12,14-15H,2,5H2,1H3,(H2,11,13). The highest BCUT2D eigenvalue weighted by Gasteiger charge is 2.14. The molecule has 2 atom stereocenters. The number of nitrogens with zero attached hydrogens (tertiary/aromatic N) is 1. The molecule has 1 rings (SSSR count). The van der Waals surface area contributed by atoms with Crippen LogP contribution in [0.2, 0.25) is 0 Å². The quantitative estimate of drug-likeness (QED) is 0.258. The highest BCUT2D eigenvalue weighted by atomic mass is 32.1. The van der Waals surface area contributed by atoms with E-state index in [0.29, 0.717) is 13.0 Å². The molecule has 0 fully saturated rings. The SMILES string of the molecule is CCC(NCC(O)c1ccsc1)/C(N)=N/O. The Morgan fingerprint density at radius 2 is 2.44 bits per heavy atom. The molecule has 1 heterocycles. The number of aliphatic hydroxyl groups excluding tert-OH is 1. The predicted octanol–water partition coefficient (Wildman–Crippen LogP) is 0.896. The molecular formula is C10H17N3O2S. The summed E-state index contributed by atoms with van der Waals surface area (Å²) in [5.41, 5.74) is 6.37. The zero-order valence-corrected chi connectivity index (χ0v) is 9.94. The second kappa shape index (κ2) is 6.47. The van der Waals surface area contributed by atoms with Crippen LogP contribution in [0.5, 0.6) is 0 Å². The summed E-state index contributed by atoms with van der Waals surface area (Å²) >= 11 is 1.54. The molecule has 0 aromatic carbocycles. The second-order valence-electron chi connectivity index (χ2n) is 3.47. The van der Waals surface area contributed by atoms with E-state index in [1.165, 1.54) is 0 Å². The van der Waals surface area contributed by atoms with Crippen LogP contribution in [0.15, 0.2) is 22.0 Å². The number of aliphatic hydroxyl groups is 1. The molecule has 90 valence electrons. The lowest BCUT2D eigenvalue weighted by Gasteiger charge is -2.17. The van der Waals surface area contributed by atoms with Crippen molar-refractivity contribution in [2.45, 2.75) is 25.5 Å². The summed E-state index contributed by atoms with van der Waals surface area (Å²) in [7, 11) is 0. The Hall–Kier alpha value is -1.11. The maximum atomic E-state index is 9.81. The van der Waals surface area contributed by atoms with E-state index in [1.807, 2.05) is 23.8 Å². The number of nitrogens with two attached hydrogens (primary N) is 1. The third-order valence-electron chi connectivity index (χ3n) is 2.37. The van der Waals surface area contributed by atoms with Gasteiger partial charge in [0.25, 0.3) is 0 Å². The lowest BCUT2D eigenvalue weighted by atomic mass is 10.1. The monoisotopic (exact) mass is 243 g/mol. The smallest absolute Gasteiger partial charge is 0.156 e. The molecule has 0 saturated carbocycles. The van der Waals surface area contributed by atoms with Gasteiger partial charge in [0.1, 0.15) is 0 Å². The molecule has 0 spiro atoms. The summed E-state index contributed by atoms with van der Waals surface area (Å²) < 4.78 is 0. The minimum absolute atomic E-state index is 0.139. The normalized spacial score (nSPS) is 16.0. The molecule has 16 heavy (non-hydrogen) atoms. The van der Waals surface area contributed by atoms with Crippen LogP contribution in [0.4, 0.5) is 0 Å². The molecule has 0 aliphatic heterocycles. The molecule has 6 heteroatoms. The fourth-order valence-corrected chi connectivity index (χ4v) is 2.07. The van der Waals surface area contributed by atoms with Gasteiger partial charge in [0, 0.05) is 6.54 Å². The van der Waals surface area contributed by atoms with Crippen LogP contribution in [-0.2, 0) is 0 Å². The molecule has 0 aliphatic rings. The largest absolute Gasteiger partial charge is 0.409 e. The minimum Gasteiger partial charge on any atom is -0.409 e. The molecule has 5 nitrogen and oxygen atoms in total. The first-order valence-corrected chi connectivity index (χ1v) is 6.04. The number of oxime groups is 1. The minimum atomic E-state index is -0.563. The number of hydrogen-bond donors (Lipinski definition) is 4. The van der Waals surface area contributed by atoms with Gasteiger partial charge in [-0.25, -0.2) is 0 Å². The molecule has 0 bridgehead atoms. The van der Waals surface area contributed by atoms with Gasteiger partial charge >= 0.3 is 0 Å². The highest BCUT2D eigenvalue weighted by molar-refractivity contribution is 7.07. The van der Waals surface area contributed by atoms with Crippen LogP contribution in [0, 0.1) is 0 Å². The Labute approximate surface area is 98.6 Å². The maximum absolute atomic E-state index is 9.81. The van der Waals surface area contributed by atoms with Crippen molar-refractivity contribution >= 4 is 17.2 Å². The van der Waals surface area contributed by atoms with Crippen molar-refractivity contribution in [2.24, 2.45) is 10.9 Å². The first-order valence-electron chi connectivity index (χ1n) is 5.10. The van der Waals surface area contributed by atoms with Crippen molar-refractivity contribution in [3.63, 3.8) is 0 Å². The average Bonchev–Trinajstić information content (AvgIpc) is 2.82. The fourth-order valence-electron chi connectivity index (χ4n) is 1.36. The van der Waals surface area contributed by atoms with E-state index in [2.05, 4.69) is 10.5 Å². The molecule has 2 unspecified atom stereocenters. The zero-order chi connectivity index (χ0) is 12.0. The van der Waals surface area contributed by atoms with E-state index in [-0.39, 0.29) is 11.9 Å². The van der Waals surface area contributed by atoms with E-state index in [1.54, 1.807) is 11.3 Å². The first-order chi connectivity index (χ1) is 7.69. The lowest BCUT2D eigenvalue weighted by Crippen LogP contribution is -2.42. The van der Waals surface area contributed by atoms with Crippen LogP contribution in [-0.4, -0.2) is 28.7 Å². The van der Waals surface area contributed by atoms with E-state index < -0.39 is 6.10 Å². The number of thiophene rings is 1. The molecule has 0 amide bonds. The molecule has 0 saturated heterocycles. The molecule has 0 aliphatic carbocycles. The topological polar surface area (TPSA) is 90.9 Å². The Bertz CT molecular complexity index is 327. The van der Waals surface area contributed by atoms with E-state index >= 15 is 0 Å². The Morgan fingerprint density at radius 3 is 2.94 bits per heavy atom. The van der Waals surface area contributed by atoms with Crippen molar-refractivity contribution in [3.05, 3.63) is 22.4 Å². The van der Waals surface area contributed by atoms with Gasteiger partial charge < -0.3 is 21.4 Å². The number of hydrogen-bond acceptors (Lipinski definition) is 5. The molecule has 5 N–H and O–H groups in total. The third kappa shape index (κ3) is 3.48. The van der Waals surface area contributed by atoms with Gasteiger partial charge in [0.2, 0.25) is 0 Å². The Kier molecular flexibility index (Phi) is 5.24. The summed E-state index contributed by atoms with van der Waals surface area (Å²) in [5.74, 6) is 0.139. The molecule has 1 aromatic rings. The van der Waals surface area contributed by atoms with Crippen LogP contribution < -0.4 is 11.1 Å². The predicted molar refractivity (Wildman–Crippen MR) is 64.8 cm³/mol. The number of amidine groups is 1. The first kappa shape index (κ1) is 13.0. The van der Waals surface area contributed by atoms with Crippen molar-refractivity contribution < 1.29 is 10.3 Å². The Morgan fingerprint density at radius 1 is 1.69 bits per heavy atom. The average molecular weight is 243 g/mol. The third-order valence-corrected chi connectivity index (χ3v) is 3.07. The Balaban J connectivity index is 2.44. The van der Waals surface area contributed by atoms with Gasteiger partial charge in [0.15, 0.2) is 5.84 Å². The molecule has 1 aromatic heterocycles. The summed E-state index contributed by atoms with van der Waals surface area (Å²) in [4.78, 5) is 0. The van der Waals surface area contributed by atoms with Gasteiger partial charge in [-0.3, -0.25) is 0 Å². The molecule has 0 radical (unpaired) electrons. The van der Waals surface area contributed by atoms with Gasteiger partial charge in [-0.1, -0.05) is 12.1 Å². The lowest BCUT2D eigenvalue weighted by molar-refractivity contribution is 0.173. The summed E-state index contributed by atoms with van der Waals surface area (Å²) in [6.45, 7) is 2.30. The van der Waals surface area contributed by atoms with Crippen molar-refractivity contribution in [3.8, 4) is 0 Å². The van der Waals surface area contributed by atoms with Crippen molar-refractivity contribution in [1.82, 2.24) is 5.32 Å². The maximum Gasteiger partial charge on any atom is 0.156 e.